The molecule has 0 amide bonds. The smallest absolute Gasteiger partial charge is 0.161 e. The minimum absolute atomic E-state index is 0.0784. The number of furan rings is 1. The Morgan fingerprint density at radius 1 is 0.615 bits per heavy atom. The molecular weight excluding hydrogens is 637 g/mol. The molecule has 0 radical (unpaired) electrons. The van der Waals surface area contributed by atoms with E-state index in [0.29, 0.717) is 0 Å². The summed E-state index contributed by atoms with van der Waals surface area (Å²) in [7, 11) is 0. The maximum absolute atomic E-state index is 6.91. The van der Waals surface area contributed by atoms with Gasteiger partial charge in [-0.25, -0.2) is 9.97 Å². The molecule has 6 aromatic carbocycles. The van der Waals surface area contributed by atoms with Crippen molar-refractivity contribution in [3.8, 4) is 28.2 Å². The summed E-state index contributed by atoms with van der Waals surface area (Å²) >= 11 is 0. The number of anilines is 1. The van der Waals surface area contributed by atoms with Gasteiger partial charge in [-0.2, -0.15) is 0 Å². The fourth-order valence-electron chi connectivity index (χ4n) is 7.94. The number of para-hydroxylation sites is 2. The molecule has 244 valence electrons. The highest BCUT2D eigenvalue weighted by Crippen LogP contribution is 2.45. The molecule has 0 fully saturated rings. The lowest BCUT2D eigenvalue weighted by atomic mass is 9.98. The predicted octanol–water partition coefficient (Wildman–Crippen LogP) is 12.1. The highest BCUT2D eigenvalue weighted by molar-refractivity contribution is 6.24. The SMILES string of the molecule is C1=CC(c2ccccc2)Nc2c1ccc1ccc(-c3cccc(-n4c5ccccc5c5oc6c7ccccc7nc(-c7ccccc7)c6c54)c3)nc21. The zero-order chi connectivity index (χ0) is 34.2. The summed E-state index contributed by atoms with van der Waals surface area (Å²) in [6.45, 7) is 0. The third kappa shape index (κ3) is 4.36. The zero-order valence-corrected chi connectivity index (χ0v) is 28.0. The van der Waals surface area contributed by atoms with Gasteiger partial charge in [0.05, 0.1) is 45.1 Å². The van der Waals surface area contributed by atoms with Crippen LogP contribution in [0, 0.1) is 0 Å². The lowest BCUT2D eigenvalue weighted by molar-refractivity contribution is 0.676. The minimum Gasteiger partial charge on any atom is -0.453 e. The minimum atomic E-state index is 0.0784. The van der Waals surface area contributed by atoms with Gasteiger partial charge in [-0.15, -0.1) is 0 Å². The van der Waals surface area contributed by atoms with E-state index in [0.717, 1.165) is 94.2 Å². The van der Waals surface area contributed by atoms with Crippen LogP contribution in [0.15, 0.2) is 168 Å². The molecule has 0 saturated carbocycles. The first-order valence-electron chi connectivity index (χ1n) is 17.6. The van der Waals surface area contributed by atoms with Crippen molar-refractivity contribution < 1.29 is 4.42 Å². The Bertz CT molecular complexity index is 3050. The Hall–Kier alpha value is -6.98. The van der Waals surface area contributed by atoms with Crippen molar-refractivity contribution in [2.45, 2.75) is 6.04 Å². The number of hydrogen-bond donors (Lipinski definition) is 1. The van der Waals surface area contributed by atoms with E-state index in [2.05, 4.69) is 168 Å². The summed E-state index contributed by atoms with van der Waals surface area (Å²) in [6.07, 6.45) is 4.43. The first kappa shape index (κ1) is 28.8. The molecule has 52 heavy (non-hydrogen) atoms. The molecule has 1 N–H and O–H groups in total. The second kappa shape index (κ2) is 11.3. The number of nitrogens with one attached hydrogen (secondary N) is 1. The molecule has 5 heteroatoms. The van der Waals surface area contributed by atoms with E-state index < -0.39 is 0 Å². The monoisotopic (exact) mass is 666 g/mol. The lowest BCUT2D eigenvalue weighted by Crippen LogP contribution is -2.12. The van der Waals surface area contributed by atoms with E-state index in [1.165, 1.54) is 5.56 Å². The molecule has 1 unspecified atom stereocenters. The summed E-state index contributed by atoms with van der Waals surface area (Å²) in [4.78, 5) is 10.6. The third-order valence-corrected chi connectivity index (χ3v) is 10.4. The Labute approximate surface area is 299 Å². The first-order chi connectivity index (χ1) is 25.8. The molecule has 5 nitrogen and oxygen atoms in total. The number of aromatic nitrogens is 3. The van der Waals surface area contributed by atoms with Gasteiger partial charge in [-0.3, -0.25) is 0 Å². The van der Waals surface area contributed by atoms with E-state index in [1.54, 1.807) is 0 Å². The van der Waals surface area contributed by atoms with Gasteiger partial charge >= 0.3 is 0 Å². The van der Waals surface area contributed by atoms with Crippen LogP contribution in [0.25, 0.3) is 89.1 Å². The topological polar surface area (TPSA) is 55.9 Å². The van der Waals surface area contributed by atoms with Crippen LogP contribution >= 0.6 is 0 Å². The summed E-state index contributed by atoms with van der Waals surface area (Å²) in [6, 6.07) is 55.1. The van der Waals surface area contributed by atoms with Gasteiger partial charge in [-0.1, -0.05) is 127 Å². The predicted molar refractivity (Wildman–Crippen MR) is 214 cm³/mol. The fraction of sp³-hybridized carbons (Fsp3) is 0.0213. The molecule has 4 aromatic heterocycles. The molecule has 10 aromatic rings. The number of fused-ring (bicyclic) bond motifs is 10. The highest BCUT2D eigenvalue weighted by Gasteiger charge is 2.25. The average molecular weight is 667 g/mol. The molecule has 1 atom stereocenters. The Kier molecular flexibility index (Phi) is 6.25. The van der Waals surface area contributed by atoms with E-state index in [9.17, 15) is 0 Å². The van der Waals surface area contributed by atoms with Gasteiger partial charge in [0.2, 0.25) is 0 Å². The Morgan fingerprint density at radius 2 is 1.37 bits per heavy atom. The zero-order valence-electron chi connectivity index (χ0n) is 28.0. The molecule has 1 aliphatic rings. The number of benzene rings is 6. The number of pyridine rings is 2. The average Bonchev–Trinajstić information content (AvgIpc) is 3.76. The molecule has 1 aliphatic heterocycles. The second-order valence-corrected chi connectivity index (χ2v) is 13.4. The fourth-order valence-corrected chi connectivity index (χ4v) is 7.94. The molecule has 0 aliphatic carbocycles. The van der Waals surface area contributed by atoms with Gasteiger partial charge in [0, 0.05) is 33.0 Å². The summed E-state index contributed by atoms with van der Waals surface area (Å²) < 4.78 is 9.25. The van der Waals surface area contributed by atoms with Gasteiger partial charge in [0.25, 0.3) is 0 Å². The third-order valence-electron chi connectivity index (χ3n) is 10.4. The molecule has 11 rings (SSSR count). The van der Waals surface area contributed by atoms with Crippen molar-refractivity contribution in [3.05, 3.63) is 175 Å². The Balaban J connectivity index is 1.13. The number of rotatable bonds is 4. The number of nitrogens with zero attached hydrogens (tertiary/aromatic N) is 3. The van der Waals surface area contributed by atoms with Crippen LogP contribution in [0.2, 0.25) is 0 Å². The first-order valence-corrected chi connectivity index (χ1v) is 17.6. The second-order valence-electron chi connectivity index (χ2n) is 13.4. The molecule has 0 spiro atoms. The van der Waals surface area contributed by atoms with Crippen molar-refractivity contribution in [2.24, 2.45) is 0 Å². The normalized spacial score (nSPS) is 14.0. The molecule has 5 heterocycles. The molecule has 0 bridgehead atoms. The van der Waals surface area contributed by atoms with Crippen LogP contribution in [0.5, 0.6) is 0 Å². The highest BCUT2D eigenvalue weighted by atomic mass is 16.3. The van der Waals surface area contributed by atoms with E-state index in [4.69, 9.17) is 14.4 Å². The number of hydrogen-bond acceptors (Lipinski definition) is 4. The van der Waals surface area contributed by atoms with Gasteiger partial charge in [0.1, 0.15) is 11.1 Å². The van der Waals surface area contributed by atoms with Crippen molar-refractivity contribution in [1.82, 2.24) is 14.5 Å². The standard InChI is InChI=1S/C47H30N4O/c1-3-12-29(13-4-1)37-26-24-31-22-23-32-25-27-38(49-44(32)43(31)48-37)33-16-11-17-34(28-33)51-40-21-10-8-19-36(40)47-45(51)41-42(30-14-5-2-6-15-30)50-39-20-9-7-18-35(39)46(41)52-47/h1-28,37,48H. The summed E-state index contributed by atoms with van der Waals surface area (Å²) in [5, 5.41) is 7.95. The van der Waals surface area contributed by atoms with Crippen LogP contribution in [0.3, 0.4) is 0 Å². The van der Waals surface area contributed by atoms with Gasteiger partial charge in [0.15, 0.2) is 5.58 Å². The molecule has 0 saturated heterocycles. The largest absolute Gasteiger partial charge is 0.453 e. The Morgan fingerprint density at radius 3 is 2.25 bits per heavy atom. The van der Waals surface area contributed by atoms with Crippen molar-refractivity contribution in [3.63, 3.8) is 0 Å². The van der Waals surface area contributed by atoms with Crippen LogP contribution in [0.1, 0.15) is 17.2 Å². The molecular formula is C47H30N4O. The maximum Gasteiger partial charge on any atom is 0.161 e. The summed E-state index contributed by atoms with van der Waals surface area (Å²) in [5.41, 5.74) is 14.0. The van der Waals surface area contributed by atoms with Crippen molar-refractivity contribution in [1.29, 1.82) is 0 Å². The van der Waals surface area contributed by atoms with Crippen LogP contribution in [0.4, 0.5) is 5.69 Å². The summed E-state index contributed by atoms with van der Waals surface area (Å²) in [5.74, 6) is 0. The van der Waals surface area contributed by atoms with Gasteiger partial charge < -0.3 is 14.3 Å². The van der Waals surface area contributed by atoms with Crippen LogP contribution in [-0.4, -0.2) is 14.5 Å². The van der Waals surface area contributed by atoms with Gasteiger partial charge in [-0.05, 0) is 53.6 Å². The van der Waals surface area contributed by atoms with E-state index >= 15 is 0 Å². The van der Waals surface area contributed by atoms with E-state index in [1.807, 2.05) is 12.1 Å². The maximum atomic E-state index is 6.91. The van der Waals surface area contributed by atoms with Crippen molar-refractivity contribution >= 4 is 66.5 Å². The van der Waals surface area contributed by atoms with Crippen LogP contribution < -0.4 is 5.32 Å². The quantitative estimate of drug-likeness (QED) is 0.203. The van der Waals surface area contributed by atoms with E-state index in [-0.39, 0.29) is 6.04 Å². The van der Waals surface area contributed by atoms with Crippen molar-refractivity contribution in [2.75, 3.05) is 5.32 Å². The lowest BCUT2D eigenvalue weighted by Gasteiger charge is -2.24. The van der Waals surface area contributed by atoms with Crippen LogP contribution in [-0.2, 0) is 0 Å².